The molecule has 77 heavy (non-hydrogen) atoms. The number of benzene rings is 4. The van der Waals surface area contributed by atoms with Crippen molar-refractivity contribution in [1.29, 1.82) is 0 Å². The standard InChI is InChI=1S/C27H27F3N6O3.C17H22BN5O4.C8H7F3/c1-16(2)36-14-21(15-36)39-26(37)34-24-13-20(10-11-31-24)38-19-8-9-23-22(12-19)33-25(35(23)3)32-18-6-4-17(5-7-18)27(28,29)30;1-18(25)23-9-13(10-23)27-17(24)22-16-8-12(5-6-21-16)26-11-3-4-15(20-2)14(19)7-11;1-6-2-4-7(5-3-6)8(9,10)11/h4-13,16,21H,14-15H2,1-3H3,(H,32,33)(H,31,34,37);3-8,13,20,25H,9-10,19H2,1-2H3,(H,21,22,24);2-5H,1H3. The fourth-order valence-corrected chi connectivity index (χ4v) is 7.55. The van der Waals surface area contributed by atoms with Crippen molar-refractivity contribution in [1.82, 2.24) is 29.2 Å². The molecule has 4 aromatic carbocycles. The second kappa shape index (κ2) is 24.6. The Balaban J connectivity index is 0.000000195. The number of nitrogen functional groups attached to an aromatic ring is 1. The summed E-state index contributed by atoms with van der Waals surface area (Å²) in [4.78, 5) is 41.0. The van der Waals surface area contributed by atoms with E-state index in [1.54, 1.807) is 85.8 Å². The number of anilines is 6. The van der Waals surface area contributed by atoms with Gasteiger partial charge in [0.1, 0.15) is 46.8 Å². The van der Waals surface area contributed by atoms with Crippen LogP contribution in [0.25, 0.3) is 11.0 Å². The number of carbonyl (C=O) groups excluding carboxylic acids is 2. The zero-order chi connectivity index (χ0) is 55.6. The van der Waals surface area contributed by atoms with Crippen molar-refractivity contribution in [3.63, 3.8) is 0 Å². The van der Waals surface area contributed by atoms with Crippen molar-refractivity contribution in [2.24, 2.45) is 7.05 Å². The molecule has 0 aliphatic carbocycles. The highest BCUT2D eigenvalue weighted by atomic mass is 19.4. The Kier molecular flexibility index (Phi) is 18.0. The molecular weight excluding hydrogens is 1020 g/mol. The highest BCUT2D eigenvalue weighted by molar-refractivity contribution is 6.45. The molecule has 7 N–H and O–H groups in total. The van der Waals surface area contributed by atoms with Crippen LogP contribution in [0, 0.1) is 6.92 Å². The summed E-state index contributed by atoms with van der Waals surface area (Å²) in [7, 11) is 3.05. The highest BCUT2D eigenvalue weighted by Gasteiger charge is 2.35. The van der Waals surface area contributed by atoms with Crippen LogP contribution in [0.4, 0.5) is 70.6 Å². The first-order chi connectivity index (χ1) is 36.5. The molecule has 0 unspecified atom stereocenters. The first kappa shape index (κ1) is 56.4. The van der Waals surface area contributed by atoms with Crippen LogP contribution in [-0.4, -0.2) is 105 Å². The van der Waals surface area contributed by atoms with Crippen LogP contribution in [-0.2, 0) is 28.9 Å². The molecule has 9 rings (SSSR count). The van der Waals surface area contributed by atoms with Gasteiger partial charge in [-0.2, -0.15) is 26.3 Å². The van der Waals surface area contributed by atoms with E-state index >= 15 is 0 Å². The minimum absolute atomic E-state index is 0.143. The van der Waals surface area contributed by atoms with E-state index in [1.807, 2.05) is 12.1 Å². The molecular formula is C52H56BF6N11O7. The van der Waals surface area contributed by atoms with Crippen LogP contribution in [0.2, 0.25) is 6.82 Å². The Hall–Kier alpha value is -8.29. The molecule has 0 atom stereocenters. The Morgan fingerprint density at radius 2 is 1.21 bits per heavy atom. The predicted octanol–water partition coefficient (Wildman–Crippen LogP) is 11.0. The van der Waals surface area contributed by atoms with Crippen molar-refractivity contribution >= 4 is 64.9 Å². The first-order valence-electron chi connectivity index (χ1n) is 24.0. The molecule has 0 bridgehead atoms. The monoisotopic (exact) mass is 1070 g/mol. The summed E-state index contributed by atoms with van der Waals surface area (Å²) in [5.74, 6) is 3.08. The summed E-state index contributed by atoms with van der Waals surface area (Å²) in [6.45, 7) is 10.0. The lowest BCUT2D eigenvalue weighted by atomic mass is 9.81. The Morgan fingerprint density at radius 3 is 1.70 bits per heavy atom. The number of carbonyl (C=O) groups is 2. The van der Waals surface area contributed by atoms with E-state index in [0.717, 1.165) is 41.0 Å². The second-order valence-corrected chi connectivity index (χ2v) is 18.1. The third-order valence-electron chi connectivity index (χ3n) is 11.9. The minimum atomic E-state index is -4.40. The number of aromatic nitrogens is 4. The maximum absolute atomic E-state index is 12.8. The summed E-state index contributed by atoms with van der Waals surface area (Å²) in [5, 5.41) is 20.6. The van der Waals surface area contributed by atoms with Gasteiger partial charge in [-0.25, -0.2) is 24.5 Å². The van der Waals surface area contributed by atoms with E-state index in [4.69, 9.17) is 24.7 Å². The van der Waals surface area contributed by atoms with E-state index in [1.165, 1.54) is 36.7 Å². The van der Waals surface area contributed by atoms with E-state index in [2.05, 4.69) is 55.0 Å². The van der Waals surface area contributed by atoms with Crippen molar-refractivity contribution < 1.29 is 59.9 Å². The molecule has 18 nitrogen and oxygen atoms in total. The van der Waals surface area contributed by atoms with Gasteiger partial charge in [-0.15, -0.1) is 0 Å². The number of aryl methyl sites for hydroxylation is 2. The van der Waals surface area contributed by atoms with Crippen molar-refractivity contribution in [3.8, 4) is 23.0 Å². The SMILES string of the molecule is CC(C)N1CC(OC(=O)Nc2cc(Oc3ccc4c(c3)nc(Nc3ccc(C(F)(F)F)cc3)n4C)ccn2)C1.CNc1ccc(Oc2ccnc(NC(=O)OC3CN(B(C)O)C3)c2)cc1N.Cc1ccc(C(F)(F)F)cc1. The first-order valence-corrected chi connectivity index (χ1v) is 24.0. The number of alkyl halides is 6. The molecule has 5 heterocycles. The lowest BCUT2D eigenvalue weighted by molar-refractivity contribution is -0.138. The van der Waals surface area contributed by atoms with E-state index < -0.39 is 42.7 Å². The quantitative estimate of drug-likeness (QED) is 0.0360. The largest absolute Gasteiger partial charge is 0.457 e. The van der Waals surface area contributed by atoms with Gasteiger partial charge in [-0.3, -0.25) is 15.5 Å². The van der Waals surface area contributed by atoms with Gasteiger partial charge in [0.05, 0.1) is 33.5 Å². The molecule has 2 amide bonds. The molecule has 2 aliphatic rings. The number of pyridine rings is 2. The molecule has 0 spiro atoms. The summed E-state index contributed by atoms with van der Waals surface area (Å²) < 4.78 is 98.5. The van der Waals surface area contributed by atoms with E-state index in [-0.39, 0.29) is 12.2 Å². The predicted molar refractivity (Wildman–Crippen MR) is 281 cm³/mol. The molecule has 0 saturated carbocycles. The number of amides is 2. The molecule has 3 aromatic heterocycles. The number of nitrogens with zero attached hydrogens (tertiary/aromatic N) is 6. The molecule has 406 valence electrons. The van der Waals surface area contributed by atoms with E-state index in [0.29, 0.717) is 89.7 Å². The van der Waals surface area contributed by atoms with Gasteiger partial charge in [0.15, 0.2) is 0 Å². The topological polar surface area (TPSA) is 216 Å². The number of nitrogens with one attached hydrogen (secondary N) is 4. The summed E-state index contributed by atoms with van der Waals surface area (Å²) >= 11 is 0. The zero-order valence-electron chi connectivity index (χ0n) is 42.6. The molecule has 2 fully saturated rings. The average molecular weight is 1070 g/mol. The number of rotatable bonds is 13. The van der Waals surface area contributed by atoms with Gasteiger partial charge >= 0.3 is 31.6 Å². The molecule has 7 aromatic rings. The van der Waals surface area contributed by atoms with Crippen LogP contribution in [0.1, 0.15) is 30.5 Å². The van der Waals surface area contributed by atoms with Gasteiger partial charge in [0.25, 0.3) is 0 Å². The number of fused-ring (bicyclic) bond motifs is 1. The van der Waals surface area contributed by atoms with Gasteiger partial charge < -0.3 is 49.7 Å². The van der Waals surface area contributed by atoms with Gasteiger partial charge in [0, 0.05) is 88.7 Å². The normalized spacial score (nSPS) is 13.9. The fraction of sp³-hybridized carbons (Fsp3) is 0.288. The number of imidazole rings is 1. The lowest BCUT2D eigenvalue weighted by Crippen LogP contribution is -2.58. The van der Waals surface area contributed by atoms with Gasteiger partial charge in [-0.05, 0) is 100 Å². The maximum atomic E-state index is 12.8. The third kappa shape index (κ3) is 15.9. The van der Waals surface area contributed by atoms with Crippen LogP contribution < -0.4 is 36.5 Å². The fourth-order valence-electron chi connectivity index (χ4n) is 7.55. The summed E-state index contributed by atoms with van der Waals surface area (Å²) in [6.07, 6.45) is -7.13. The smallest absolute Gasteiger partial charge is 0.416 e. The molecule has 2 saturated heterocycles. The summed E-state index contributed by atoms with van der Waals surface area (Å²) in [6, 6.07) is 27.4. The lowest BCUT2D eigenvalue weighted by Gasteiger charge is -2.40. The number of ether oxygens (including phenoxy) is 4. The number of hydrogen-bond donors (Lipinski definition) is 6. The molecule has 25 heteroatoms. The number of hydrogen-bond acceptors (Lipinski definition) is 15. The van der Waals surface area contributed by atoms with Crippen molar-refractivity contribution in [3.05, 3.63) is 138 Å². The van der Waals surface area contributed by atoms with Crippen LogP contribution in [0.15, 0.2) is 122 Å². The molecule has 2 aliphatic heterocycles. The van der Waals surface area contributed by atoms with Gasteiger partial charge in [0.2, 0.25) is 5.95 Å². The number of nitrogens with two attached hydrogens (primary N) is 1. The van der Waals surface area contributed by atoms with Crippen molar-refractivity contribution in [2.75, 3.05) is 60.2 Å². The Bertz CT molecular complexity index is 3120. The highest BCUT2D eigenvalue weighted by Crippen LogP contribution is 2.33. The average Bonchev–Trinajstić information content (AvgIpc) is 3.65. The molecule has 0 radical (unpaired) electrons. The third-order valence-corrected chi connectivity index (χ3v) is 11.9. The zero-order valence-corrected chi connectivity index (χ0v) is 42.6. The number of likely N-dealkylation sites (tertiary alicyclic amines) is 1. The number of halogens is 6. The maximum Gasteiger partial charge on any atom is 0.416 e. The summed E-state index contributed by atoms with van der Waals surface area (Å²) in [5.41, 5.74) is 8.72. The van der Waals surface area contributed by atoms with Gasteiger partial charge in [-0.1, -0.05) is 17.7 Å². The van der Waals surface area contributed by atoms with Crippen LogP contribution in [0.5, 0.6) is 23.0 Å². The van der Waals surface area contributed by atoms with Crippen molar-refractivity contribution in [2.45, 2.75) is 58.2 Å². The van der Waals surface area contributed by atoms with Crippen LogP contribution >= 0.6 is 0 Å². The van der Waals surface area contributed by atoms with E-state index in [9.17, 15) is 41.0 Å². The Labute approximate surface area is 439 Å². The minimum Gasteiger partial charge on any atom is -0.457 e. The van der Waals surface area contributed by atoms with Crippen LogP contribution in [0.3, 0.4) is 0 Å². The Morgan fingerprint density at radius 1 is 0.714 bits per heavy atom. The second-order valence-electron chi connectivity index (χ2n) is 18.1.